The highest BCUT2D eigenvalue weighted by Gasteiger charge is 2.44. The maximum absolute atomic E-state index is 13.0. The van der Waals surface area contributed by atoms with Crippen molar-refractivity contribution in [3.8, 4) is 0 Å². The number of nitrogens with one attached hydrogen (secondary N) is 1. The molecule has 7 atom stereocenters. The molecule has 7 unspecified atom stereocenters. The van der Waals surface area contributed by atoms with Crippen molar-refractivity contribution in [3.63, 3.8) is 0 Å². The molecule has 1 saturated heterocycles. The Kier molecular flexibility index (Phi) is 42.2. The van der Waals surface area contributed by atoms with Gasteiger partial charge in [-0.05, 0) is 32.1 Å². The zero-order valence-corrected chi connectivity index (χ0v) is 41.1. The van der Waals surface area contributed by atoms with Crippen molar-refractivity contribution >= 4 is 5.91 Å². The van der Waals surface area contributed by atoms with Crippen LogP contribution in [0.3, 0.4) is 0 Å². The number of carbonyl (C=O) groups is 1. The Morgan fingerprint density at radius 3 is 1.33 bits per heavy atom. The van der Waals surface area contributed by atoms with Crippen LogP contribution >= 0.6 is 0 Å². The highest BCUT2D eigenvalue weighted by atomic mass is 16.7. The Bertz CT molecular complexity index is 1040. The summed E-state index contributed by atoms with van der Waals surface area (Å²) in [4.78, 5) is 13.0. The van der Waals surface area contributed by atoms with E-state index < -0.39 is 49.5 Å². The first-order chi connectivity index (χ1) is 30.8. The molecule has 0 aromatic carbocycles. The summed E-state index contributed by atoms with van der Waals surface area (Å²) < 4.78 is 11.2. The molecule has 1 amide bonds. The third-order valence-corrected chi connectivity index (χ3v) is 13.0. The van der Waals surface area contributed by atoms with Crippen LogP contribution in [0.25, 0.3) is 0 Å². The van der Waals surface area contributed by atoms with Gasteiger partial charge in [-0.1, -0.05) is 244 Å². The molecule has 1 rings (SSSR count). The fourth-order valence-corrected chi connectivity index (χ4v) is 8.70. The van der Waals surface area contributed by atoms with Crippen LogP contribution in [0, 0.1) is 0 Å². The van der Waals surface area contributed by atoms with Crippen molar-refractivity contribution in [2.24, 2.45) is 0 Å². The van der Waals surface area contributed by atoms with Gasteiger partial charge in [0.25, 0.3) is 0 Å². The first kappa shape index (κ1) is 59.7. The topological polar surface area (TPSA) is 149 Å². The van der Waals surface area contributed by atoms with Crippen LogP contribution in [0.4, 0.5) is 0 Å². The van der Waals surface area contributed by atoms with Crippen molar-refractivity contribution in [2.45, 2.75) is 301 Å². The third-order valence-electron chi connectivity index (χ3n) is 13.0. The summed E-state index contributed by atoms with van der Waals surface area (Å²) in [6.07, 6.45) is 48.2. The standard InChI is InChI=1S/C54H103NO8/c1-3-5-7-9-11-13-15-17-18-19-20-21-22-23-24-25-26-27-28-29-30-32-33-35-37-39-41-43-48(57)47(46-62-54-53(61)52(60)51(59)49(45-56)63-54)55-50(58)44-42-40-38-36-34-31-16-14-12-10-8-6-4-2/h33,35,41,43,47-49,51-54,56-57,59-61H,3-32,34,36-40,42,44-46H2,1-2H3,(H,55,58)/b35-33+,43-41+. The zero-order chi connectivity index (χ0) is 45.9. The summed E-state index contributed by atoms with van der Waals surface area (Å²) in [5.41, 5.74) is 0. The van der Waals surface area contributed by atoms with Crippen LogP contribution < -0.4 is 5.32 Å². The van der Waals surface area contributed by atoms with Gasteiger partial charge in [-0.25, -0.2) is 0 Å². The number of rotatable bonds is 46. The predicted molar refractivity (Wildman–Crippen MR) is 263 cm³/mol. The van der Waals surface area contributed by atoms with Crippen molar-refractivity contribution < 1.29 is 39.8 Å². The summed E-state index contributed by atoms with van der Waals surface area (Å²) in [5.74, 6) is -0.184. The van der Waals surface area contributed by atoms with Crippen molar-refractivity contribution in [1.29, 1.82) is 0 Å². The molecule has 0 saturated carbocycles. The minimum atomic E-state index is -1.57. The average Bonchev–Trinajstić information content (AvgIpc) is 3.28. The molecule has 1 aliphatic rings. The summed E-state index contributed by atoms with van der Waals surface area (Å²) in [5, 5.41) is 54.3. The number of unbranched alkanes of at least 4 members (excludes halogenated alkanes) is 34. The molecule has 0 aromatic heterocycles. The van der Waals surface area contributed by atoms with E-state index in [0.717, 1.165) is 38.5 Å². The van der Waals surface area contributed by atoms with Crippen molar-refractivity contribution in [1.82, 2.24) is 5.32 Å². The molecule has 372 valence electrons. The lowest BCUT2D eigenvalue weighted by molar-refractivity contribution is -0.302. The minimum Gasteiger partial charge on any atom is -0.394 e. The highest BCUT2D eigenvalue weighted by molar-refractivity contribution is 5.76. The summed E-state index contributed by atoms with van der Waals surface area (Å²) in [7, 11) is 0. The van der Waals surface area contributed by atoms with Gasteiger partial charge in [0.15, 0.2) is 6.29 Å². The lowest BCUT2D eigenvalue weighted by Gasteiger charge is -2.40. The van der Waals surface area contributed by atoms with Crippen molar-refractivity contribution in [2.75, 3.05) is 13.2 Å². The lowest BCUT2D eigenvalue weighted by Crippen LogP contribution is -2.60. The number of hydrogen-bond donors (Lipinski definition) is 6. The zero-order valence-electron chi connectivity index (χ0n) is 41.1. The Hall–Kier alpha value is -1.33. The van der Waals surface area contributed by atoms with E-state index in [-0.39, 0.29) is 12.5 Å². The molecule has 1 aliphatic heterocycles. The normalized spacial score (nSPS) is 20.3. The van der Waals surface area contributed by atoms with Gasteiger partial charge in [-0.3, -0.25) is 4.79 Å². The molecular weight excluding hydrogens is 791 g/mol. The second-order valence-corrected chi connectivity index (χ2v) is 19.0. The molecule has 0 aromatic rings. The smallest absolute Gasteiger partial charge is 0.220 e. The van der Waals surface area contributed by atoms with Crippen molar-refractivity contribution in [3.05, 3.63) is 24.3 Å². The summed E-state index contributed by atoms with van der Waals surface area (Å²) >= 11 is 0. The van der Waals surface area contributed by atoms with Gasteiger partial charge in [0.1, 0.15) is 24.4 Å². The molecule has 1 heterocycles. The molecule has 0 bridgehead atoms. The maximum atomic E-state index is 13.0. The van der Waals surface area contributed by atoms with E-state index in [9.17, 15) is 30.3 Å². The Morgan fingerprint density at radius 2 is 0.905 bits per heavy atom. The second-order valence-electron chi connectivity index (χ2n) is 19.0. The predicted octanol–water partition coefficient (Wildman–Crippen LogP) is 12.6. The van der Waals surface area contributed by atoms with E-state index >= 15 is 0 Å². The quantitative estimate of drug-likeness (QED) is 0.0261. The Balaban J connectivity index is 2.23. The van der Waals surface area contributed by atoms with E-state index in [1.54, 1.807) is 6.08 Å². The fraction of sp³-hybridized carbons (Fsp3) is 0.907. The molecule has 0 radical (unpaired) electrons. The van der Waals surface area contributed by atoms with E-state index in [4.69, 9.17) is 9.47 Å². The SMILES string of the molecule is CCCCCCCCCCCCCCCCCCCCCCC/C=C/CC/C=C/C(O)C(COC1OC(CO)C(O)C(O)C1O)NC(=O)CCCCCCCCCCCCCCC. The van der Waals surface area contributed by atoms with Gasteiger partial charge < -0.3 is 40.3 Å². The number of hydrogen-bond acceptors (Lipinski definition) is 8. The monoisotopic (exact) mass is 894 g/mol. The minimum absolute atomic E-state index is 0.184. The molecule has 9 heteroatoms. The molecule has 0 aliphatic carbocycles. The average molecular weight is 894 g/mol. The van der Waals surface area contributed by atoms with E-state index in [1.165, 1.54) is 199 Å². The van der Waals surface area contributed by atoms with Crippen LogP contribution in [-0.2, 0) is 14.3 Å². The Morgan fingerprint density at radius 1 is 0.524 bits per heavy atom. The molecular formula is C54H103NO8. The van der Waals surface area contributed by atoms with E-state index in [2.05, 4.69) is 31.3 Å². The van der Waals surface area contributed by atoms with Gasteiger partial charge in [0, 0.05) is 6.42 Å². The number of allylic oxidation sites excluding steroid dienone is 3. The molecule has 6 N–H and O–H groups in total. The maximum Gasteiger partial charge on any atom is 0.220 e. The number of aliphatic hydroxyl groups excluding tert-OH is 5. The molecule has 9 nitrogen and oxygen atoms in total. The van der Waals surface area contributed by atoms with Gasteiger partial charge in [0.2, 0.25) is 5.91 Å². The van der Waals surface area contributed by atoms with Crippen LogP contribution in [0.15, 0.2) is 24.3 Å². The third kappa shape index (κ3) is 34.6. The Labute approximate surface area is 388 Å². The van der Waals surface area contributed by atoms with Crippen LogP contribution in [-0.4, -0.2) is 87.5 Å². The molecule has 63 heavy (non-hydrogen) atoms. The van der Waals surface area contributed by atoms with Crippen LogP contribution in [0.2, 0.25) is 0 Å². The fourth-order valence-electron chi connectivity index (χ4n) is 8.70. The first-order valence-corrected chi connectivity index (χ1v) is 27.1. The van der Waals surface area contributed by atoms with E-state index in [1.807, 2.05) is 6.08 Å². The summed E-state index contributed by atoms with van der Waals surface area (Å²) in [6.45, 7) is 3.78. The van der Waals surface area contributed by atoms with Gasteiger partial charge in [0.05, 0.1) is 25.4 Å². The van der Waals surface area contributed by atoms with Crippen LogP contribution in [0.5, 0.6) is 0 Å². The molecule has 1 fully saturated rings. The number of aliphatic hydroxyl groups is 5. The van der Waals surface area contributed by atoms with Crippen LogP contribution in [0.1, 0.15) is 258 Å². The largest absolute Gasteiger partial charge is 0.394 e. The first-order valence-electron chi connectivity index (χ1n) is 27.1. The second kappa shape index (κ2) is 44.5. The number of carbonyl (C=O) groups excluding carboxylic acids is 1. The summed E-state index contributed by atoms with van der Waals surface area (Å²) in [6, 6.07) is -0.817. The van der Waals surface area contributed by atoms with Gasteiger partial charge in [-0.2, -0.15) is 0 Å². The number of amides is 1. The highest BCUT2D eigenvalue weighted by Crippen LogP contribution is 2.23. The molecule has 0 spiro atoms. The lowest BCUT2D eigenvalue weighted by atomic mass is 9.99. The van der Waals surface area contributed by atoms with Gasteiger partial charge >= 0.3 is 0 Å². The van der Waals surface area contributed by atoms with Gasteiger partial charge in [-0.15, -0.1) is 0 Å². The number of ether oxygens (including phenoxy) is 2. The van der Waals surface area contributed by atoms with E-state index in [0.29, 0.717) is 6.42 Å².